The van der Waals surface area contributed by atoms with E-state index in [1.54, 1.807) is 7.11 Å². The van der Waals surface area contributed by atoms with Crippen LogP contribution in [0.2, 0.25) is 5.02 Å². The Morgan fingerprint density at radius 1 is 1.42 bits per heavy atom. The molecule has 0 aliphatic carbocycles. The predicted octanol–water partition coefficient (Wildman–Crippen LogP) is 1.84. The van der Waals surface area contributed by atoms with Crippen LogP contribution in [0.3, 0.4) is 0 Å². The highest BCUT2D eigenvalue weighted by Gasteiger charge is 2.19. The number of halogens is 1. The van der Waals surface area contributed by atoms with E-state index in [-0.39, 0.29) is 6.61 Å². The second-order valence-corrected chi connectivity index (χ2v) is 5.01. The molecule has 0 radical (unpaired) electrons. The van der Waals surface area contributed by atoms with E-state index in [0.29, 0.717) is 31.3 Å². The van der Waals surface area contributed by atoms with Gasteiger partial charge in [-0.3, -0.25) is 0 Å². The molecule has 106 valence electrons. The Hall–Kier alpha value is -0.810. The monoisotopic (exact) mass is 286 g/mol. The van der Waals surface area contributed by atoms with Crippen molar-refractivity contribution in [1.82, 2.24) is 0 Å². The molecule has 1 aromatic rings. The largest absolute Gasteiger partial charge is 0.493 e. The normalized spacial score (nSPS) is 15.1. The lowest BCUT2D eigenvalue weighted by Crippen LogP contribution is -2.20. The summed E-state index contributed by atoms with van der Waals surface area (Å²) in [5.41, 5.74) is 2.07. The third-order valence-electron chi connectivity index (χ3n) is 3.02. The lowest BCUT2D eigenvalue weighted by Gasteiger charge is -2.14. The summed E-state index contributed by atoms with van der Waals surface area (Å²) >= 11 is 6.07. The molecule has 19 heavy (non-hydrogen) atoms. The van der Waals surface area contributed by atoms with Crippen LogP contribution in [0.15, 0.2) is 12.1 Å². The Morgan fingerprint density at radius 3 is 3.05 bits per heavy atom. The molecular weight excluding hydrogens is 268 g/mol. The third-order valence-corrected chi connectivity index (χ3v) is 3.24. The fourth-order valence-corrected chi connectivity index (χ4v) is 2.44. The molecule has 0 aromatic heterocycles. The molecule has 1 unspecified atom stereocenters. The van der Waals surface area contributed by atoms with Crippen LogP contribution in [-0.2, 0) is 22.3 Å². The standard InChI is InChI=1S/C14H19ClO4/c1-17-4-5-18-9-13(16)8-11-7-12(15)6-10-2-3-19-14(10)11/h6-7,13,16H,2-5,8-9H2,1H3. The van der Waals surface area contributed by atoms with Crippen molar-refractivity contribution in [3.63, 3.8) is 0 Å². The summed E-state index contributed by atoms with van der Waals surface area (Å²) in [4.78, 5) is 0. The van der Waals surface area contributed by atoms with Gasteiger partial charge in [0.15, 0.2) is 0 Å². The van der Waals surface area contributed by atoms with E-state index in [0.717, 1.165) is 23.3 Å². The molecule has 0 fully saturated rings. The van der Waals surface area contributed by atoms with Gasteiger partial charge >= 0.3 is 0 Å². The van der Waals surface area contributed by atoms with Gasteiger partial charge in [-0.05, 0) is 23.3 Å². The SMILES string of the molecule is COCCOCC(O)Cc1cc(Cl)cc2c1OCC2. The molecular formula is C14H19ClO4. The molecule has 0 bridgehead atoms. The Bertz CT molecular complexity index is 422. The summed E-state index contributed by atoms with van der Waals surface area (Å²) < 4.78 is 15.8. The van der Waals surface area contributed by atoms with Gasteiger partial charge in [-0.25, -0.2) is 0 Å². The average Bonchev–Trinajstić information content (AvgIpc) is 2.82. The van der Waals surface area contributed by atoms with Crippen molar-refractivity contribution in [1.29, 1.82) is 0 Å². The summed E-state index contributed by atoms with van der Waals surface area (Å²) in [5, 5.41) is 10.6. The first-order chi connectivity index (χ1) is 9.20. The highest BCUT2D eigenvalue weighted by atomic mass is 35.5. The predicted molar refractivity (Wildman–Crippen MR) is 73.1 cm³/mol. The summed E-state index contributed by atoms with van der Waals surface area (Å²) in [5.74, 6) is 0.875. The minimum atomic E-state index is -0.566. The molecule has 2 rings (SSSR count). The van der Waals surface area contributed by atoms with Gasteiger partial charge in [0.1, 0.15) is 5.75 Å². The van der Waals surface area contributed by atoms with Gasteiger partial charge in [0.25, 0.3) is 0 Å². The number of aliphatic hydroxyl groups is 1. The summed E-state index contributed by atoms with van der Waals surface area (Å²) in [7, 11) is 1.62. The smallest absolute Gasteiger partial charge is 0.126 e. The van der Waals surface area contributed by atoms with E-state index in [1.807, 2.05) is 12.1 Å². The topological polar surface area (TPSA) is 47.9 Å². The van der Waals surface area contributed by atoms with Crippen LogP contribution >= 0.6 is 11.6 Å². The Balaban J connectivity index is 1.92. The van der Waals surface area contributed by atoms with Crippen molar-refractivity contribution < 1.29 is 19.3 Å². The minimum absolute atomic E-state index is 0.282. The first-order valence-electron chi connectivity index (χ1n) is 6.39. The summed E-state index contributed by atoms with van der Waals surface area (Å²) in [6, 6.07) is 3.78. The number of ether oxygens (including phenoxy) is 3. The molecule has 1 aliphatic heterocycles. The van der Waals surface area contributed by atoms with E-state index >= 15 is 0 Å². The van der Waals surface area contributed by atoms with E-state index in [2.05, 4.69) is 0 Å². The minimum Gasteiger partial charge on any atom is -0.493 e. The van der Waals surface area contributed by atoms with Crippen LogP contribution in [-0.4, -0.2) is 44.7 Å². The lowest BCUT2D eigenvalue weighted by atomic mass is 10.0. The number of hydrogen-bond acceptors (Lipinski definition) is 4. The average molecular weight is 287 g/mol. The van der Waals surface area contributed by atoms with E-state index < -0.39 is 6.10 Å². The Labute approximate surface area is 118 Å². The number of aliphatic hydroxyl groups excluding tert-OH is 1. The van der Waals surface area contributed by atoms with Gasteiger partial charge in [-0.2, -0.15) is 0 Å². The van der Waals surface area contributed by atoms with Crippen LogP contribution in [0.4, 0.5) is 0 Å². The molecule has 1 atom stereocenters. The summed E-state index contributed by atoms with van der Waals surface area (Å²) in [6.45, 7) is 1.98. The van der Waals surface area contributed by atoms with Crippen LogP contribution in [0, 0.1) is 0 Å². The fraction of sp³-hybridized carbons (Fsp3) is 0.571. The van der Waals surface area contributed by atoms with Gasteiger partial charge in [-0.15, -0.1) is 0 Å². The van der Waals surface area contributed by atoms with Gasteiger partial charge < -0.3 is 19.3 Å². The number of rotatable bonds is 7. The van der Waals surface area contributed by atoms with Crippen molar-refractivity contribution in [3.05, 3.63) is 28.3 Å². The zero-order chi connectivity index (χ0) is 13.7. The van der Waals surface area contributed by atoms with Gasteiger partial charge in [0.2, 0.25) is 0 Å². The maximum atomic E-state index is 9.96. The zero-order valence-electron chi connectivity index (χ0n) is 11.0. The van der Waals surface area contributed by atoms with Crippen LogP contribution in [0.1, 0.15) is 11.1 Å². The highest BCUT2D eigenvalue weighted by molar-refractivity contribution is 6.30. The molecule has 1 N–H and O–H groups in total. The second-order valence-electron chi connectivity index (χ2n) is 4.58. The Kier molecular flexibility index (Phi) is 5.45. The second kappa shape index (κ2) is 7.10. The van der Waals surface area contributed by atoms with Gasteiger partial charge in [0.05, 0.1) is 32.5 Å². The zero-order valence-corrected chi connectivity index (χ0v) is 11.8. The molecule has 4 nitrogen and oxygen atoms in total. The highest BCUT2D eigenvalue weighted by Crippen LogP contribution is 2.33. The maximum absolute atomic E-state index is 9.96. The van der Waals surface area contributed by atoms with Crippen molar-refractivity contribution in [2.24, 2.45) is 0 Å². The van der Waals surface area contributed by atoms with Crippen molar-refractivity contribution >= 4 is 11.6 Å². The van der Waals surface area contributed by atoms with Crippen LogP contribution < -0.4 is 4.74 Å². The van der Waals surface area contributed by atoms with Crippen molar-refractivity contribution in [2.45, 2.75) is 18.9 Å². The molecule has 0 amide bonds. The Morgan fingerprint density at radius 2 is 2.26 bits per heavy atom. The lowest BCUT2D eigenvalue weighted by molar-refractivity contribution is 0.0135. The van der Waals surface area contributed by atoms with Crippen molar-refractivity contribution in [2.75, 3.05) is 33.5 Å². The molecule has 0 saturated carbocycles. The van der Waals surface area contributed by atoms with Crippen LogP contribution in [0.5, 0.6) is 5.75 Å². The van der Waals surface area contributed by atoms with Crippen LogP contribution in [0.25, 0.3) is 0 Å². The van der Waals surface area contributed by atoms with Gasteiger partial charge in [0, 0.05) is 25.0 Å². The quantitative estimate of drug-likeness (QED) is 0.777. The van der Waals surface area contributed by atoms with E-state index in [4.69, 9.17) is 25.8 Å². The fourth-order valence-electron chi connectivity index (χ4n) is 2.17. The molecule has 1 aromatic carbocycles. The number of hydrogen-bond donors (Lipinski definition) is 1. The molecule has 1 heterocycles. The maximum Gasteiger partial charge on any atom is 0.126 e. The van der Waals surface area contributed by atoms with Gasteiger partial charge in [-0.1, -0.05) is 11.6 Å². The summed E-state index contributed by atoms with van der Waals surface area (Å²) in [6.07, 6.45) is 0.794. The molecule has 0 spiro atoms. The molecule has 5 heteroatoms. The number of benzene rings is 1. The van der Waals surface area contributed by atoms with Crippen molar-refractivity contribution in [3.8, 4) is 5.75 Å². The first-order valence-corrected chi connectivity index (χ1v) is 6.77. The molecule has 1 aliphatic rings. The van der Waals surface area contributed by atoms with E-state index in [9.17, 15) is 5.11 Å². The first kappa shape index (κ1) is 14.6. The third kappa shape index (κ3) is 4.08. The molecule has 0 saturated heterocycles. The van der Waals surface area contributed by atoms with E-state index in [1.165, 1.54) is 0 Å². The number of fused-ring (bicyclic) bond motifs is 1. The number of methoxy groups -OCH3 is 1.